The van der Waals surface area contributed by atoms with Crippen LogP contribution in [0.5, 0.6) is 6.01 Å². The second kappa shape index (κ2) is 6.31. The molecule has 1 aromatic heterocycles. The van der Waals surface area contributed by atoms with Crippen LogP contribution >= 0.6 is 0 Å². The number of rotatable bonds is 4. The molecule has 6 nitrogen and oxygen atoms in total. The number of hydrogen-bond donors (Lipinski definition) is 1. The maximum atomic E-state index is 12.9. The van der Waals surface area contributed by atoms with E-state index in [9.17, 15) is 13.2 Å². The molecule has 0 amide bonds. The fourth-order valence-electron chi connectivity index (χ4n) is 2.22. The number of nitrogens with one attached hydrogen (secondary N) is 1. The number of alkyl halides is 3. The van der Waals surface area contributed by atoms with Gasteiger partial charge in [0.15, 0.2) is 0 Å². The van der Waals surface area contributed by atoms with Crippen molar-refractivity contribution >= 4 is 11.9 Å². The van der Waals surface area contributed by atoms with Gasteiger partial charge in [0.25, 0.3) is 0 Å². The van der Waals surface area contributed by atoms with E-state index < -0.39 is 12.1 Å². The van der Waals surface area contributed by atoms with Gasteiger partial charge in [-0.25, -0.2) is 0 Å². The highest BCUT2D eigenvalue weighted by atomic mass is 19.4. The average molecular weight is 305 g/mol. The average Bonchev–Trinajstić information content (AvgIpc) is 2.46. The number of hydrogen-bond acceptors (Lipinski definition) is 6. The third-order valence-electron chi connectivity index (χ3n) is 3.27. The fourth-order valence-corrected chi connectivity index (χ4v) is 2.22. The van der Waals surface area contributed by atoms with E-state index in [2.05, 4.69) is 20.3 Å². The van der Waals surface area contributed by atoms with E-state index in [1.807, 2.05) is 0 Å². The molecule has 0 aliphatic carbocycles. The first kappa shape index (κ1) is 15.6. The van der Waals surface area contributed by atoms with Crippen LogP contribution in [0.15, 0.2) is 0 Å². The summed E-state index contributed by atoms with van der Waals surface area (Å²) in [6, 6.07) is 0.112. The zero-order valence-electron chi connectivity index (χ0n) is 11.9. The van der Waals surface area contributed by atoms with E-state index in [1.165, 1.54) is 4.90 Å². The van der Waals surface area contributed by atoms with E-state index in [0.29, 0.717) is 19.6 Å². The zero-order chi connectivity index (χ0) is 15.5. The first-order valence-corrected chi connectivity index (χ1v) is 6.82. The van der Waals surface area contributed by atoms with Gasteiger partial charge in [-0.3, -0.25) is 0 Å². The van der Waals surface area contributed by atoms with Gasteiger partial charge >= 0.3 is 12.2 Å². The summed E-state index contributed by atoms with van der Waals surface area (Å²) in [5.74, 6) is -0.860. The molecule has 2 rings (SSSR count). The summed E-state index contributed by atoms with van der Waals surface area (Å²) < 4.78 is 43.8. The first-order valence-electron chi connectivity index (χ1n) is 6.82. The lowest BCUT2D eigenvalue weighted by molar-refractivity contribution is -0.176. The lowest BCUT2D eigenvalue weighted by atomic mass is 9.98. The van der Waals surface area contributed by atoms with Crippen molar-refractivity contribution in [2.75, 3.05) is 37.0 Å². The van der Waals surface area contributed by atoms with Crippen molar-refractivity contribution in [2.24, 2.45) is 5.92 Å². The summed E-state index contributed by atoms with van der Waals surface area (Å²) in [5.41, 5.74) is 0. The second-order valence-electron chi connectivity index (χ2n) is 4.75. The van der Waals surface area contributed by atoms with Gasteiger partial charge in [-0.2, -0.15) is 28.1 Å². The monoisotopic (exact) mass is 305 g/mol. The Labute approximate surface area is 120 Å². The molecule has 1 atom stereocenters. The SMILES string of the molecule is CCOc1nc(NC)nc(N2CCCC(C(F)(F)F)C2)n1. The molecule has 9 heteroatoms. The largest absolute Gasteiger partial charge is 0.464 e. The van der Waals surface area contributed by atoms with Crippen LogP contribution in [0.4, 0.5) is 25.1 Å². The molecule has 0 aromatic carbocycles. The summed E-state index contributed by atoms with van der Waals surface area (Å²) in [7, 11) is 1.63. The lowest BCUT2D eigenvalue weighted by Crippen LogP contribution is -2.42. The standard InChI is InChI=1S/C12H18F3N5O/c1-3-21-11-18-9(16-2)17-10(19-11)20-6-4-5-8(7-20)12(13,14)15/h8H,3-7H2,1-2H3,(H,16,17,18,19). The molecule has 21 heavy (non-hydrogen) atoms. The van der Waals surface area contributed by atoms with Crippen molar-refractivity contribution in [2.45, 2.75) is 25.9 Å². The van der Waals surface area contributed by atoms with Crippen molar-refractivity contribution in [1.82, 2.24) is 15.0 Å². The second-order valence-corrected chi connectivity index (χ2v) is 4.75. The molecule has 0 bridgehead atoms. The van der Waals surface area contributed by atoms with Crippen molar-refractivity contribution in [3.8, 4) is 6.01 Å². The molecule has 1 aromatic rings. The predicted molar refractivity (Wildman–Crippen MR) is 71.5 cm³/mol. The predicted octanol–water partition coefficient (Wildman–Crippen LogP) is 2.09. The molecular formula is C12H18F3N5O. The Morgan fingerprint density at radius 2 is 2.10 bits per heavy atom. The van der Waals surface area contributed by atoms with Gasteiger partial charge in [-0.05, 0) is 19.8 Å². The summed E-state index contributed by atoms with van der Waals surface area (Å²) >= 11 is 0. The molecule has 1 saturated heterocycles. The molecule has 0 saturated carbocycles. The fraction of sp³-hybridized carbons (Fsp3) is 0.750. The summed E-state index contributed by atoms with van der Waals surface area (Å²) in [6.45, 7) is 2.51. The number of piperidine rings is 1. The van der Waals surface area contributed by atoms with E-state index in [1.54, 1.807) is 14.0 Å². The quantitative estimate of drug-likeness (QED) is 0.919. The Morgan fingerprint density at radius 3 is 2.71 bits per heavy atom. The summed E-state index contributed by atoms with van der Waals surface area (Å²) in [5, 5.41) is 2.76. The van der Waals surface area contributed by atoms with Crippen LogP contribution in [0.25, 0.3) is 0 Å². The van der Waals surface area contributed by atoms with E-state index in [-0.39, 0.29) is 30.9 Å². The van der Waals surface area contributed by atoms with Crippen LogP contribution in [0.3, 0.4) is 0 Å². The van der Waals surface area contributed by atoms with E-state index in [4.69, 9.17) is 4.74 Å². The Hall–Kier alpha value is -1.80. The van der Waals surface area contributed by atoms with Crippen LogP contribution in [-0.4, -0.2) is 47.9 Å². The van der Waals surface area contributed by atoms with Gasteiger partial charge in [0, 0.05) is 20.1 Å². The normalized spacial score (nSPS) is 19.5. The van der Waals surface area contributed by atoms with Crippen LogP contribution in [0.2, 0.25) is 0 Å². The molecule has 118 valence electrons. The van der Waals surface area contributed by atoms with Gasteiger partial charge in [0.2, 0.25) is 11.9 Å². The van der Waals surface area contributed by atoms with E-state index >= 15 is 0 Å². The van der Waals surface area contributed by atoms with E-state index in [0.717, 1.165) is 0 Å². The topological polar surface area (TPSA) is 63.2 Å². The third kappa shape index (κ3) is 3.85. The number of ether oxygens (including phenoxy) is 1. The lowest BCUT2D eigenvalue weighted by Gasteiger charge is -2.33. The molecule has 1 fully saturated rings. The highest BCUT2D eigenvalue weighted by molar-refractivity contribution is 5.38. The Kier molecular flexibility index (Phi) is 4.69. The van der Waals surface area contributed by atoms with Crippen molar-refractivity contribution in [1.29, 1.82) is 0 Å². The number of nitrogens with zero attached hydrogens (tertiary/aromatic N) is 4. The van der Waals surface area contributed by atoms with Crippen LogP contribution < -0.4 is 15.0 Å². The van der Waals surface area contributed by atoms with Crippen molar-refractivity contribution < 1.29 is 17.9 Å². The summed E-state index contributed by atoms with van der Waals surface area (Å²) in [6.07, 6.45) is -3.60. The number of halogens is 3. The minimum absolute atomic E-state index is 0.112. The number of anilines is 2. The van der Waals surface area contributed by atoms with Gasteiger partial charge in [-0.1, -0.05) is 0 Å². The summed E-state index contributed by atoms with van der Waals surface area (Å²) in [4.78, 5) is 13.7. The molecule has 1 unspecified atom stereocenters. The highest BCUT2D eigenvalue weighted by Crippen LogP contribution is 2.34. The maximum absolute atomic E-state index is 12.9. The van der Waals surface area contributed by atoms with Crippen molar-refractivity contribution in [3.05, 3.63) is 0 Å². The molecule has 0 spiro atoms. The minimum Gasteiger partial charge on any atom is -0.464 e. The molecule has 1 aliphatic rings. The number of aromatic nitrogens is 3. The van der Waals surface area contributed by atoms with Crippen LogP contribution in [0, 0.1) is 5.92 Å². The molecular weight excluding hydrogens is 287 g/mol. The Bertz CT molecular complexity index is 482. The van der Waals surface area contributed by atoms with Gasteiger partial charge in [0.1, 0.15) is 0 Å². The molecule has 1 N–H and O–H groups in total. The van der Waals surface area contributed by atoms with Crippen molar-refractivity contribution in [3.63, 3.8) is 0 Å². The van der Waals surface area contributed by atoms with Gasteiger partial charge < -0.3 is 15.0 Å². The van der Waals surface area contributed by atoms with Crippen LogP contribution in [-0.2, 0) is 0 Å². The highest BCUT2D eigenvalue weighted by Gasteiger charge is 2.42. The first-order chi connectivity index (χ1) is 9.94. The van der Waals surface area contributed by atoms with Gasteiger partial charge in [-0.15, -0.1) is 0 Å². The third-order valence-corrected chi connectivity index (χ3v) is 3.27. The zero-order valence-corrected chi connectivity index (χ0v) is 11.9. The smallest absolute Gasteiger partial charge is 0.393 e. The molecule has 1 aliphatic heterocycles. The van der Waals surface area contributed by atoms with Gasteiger partial charge in [0.05, 0.1) is 12.5 Å². The Morgan fingerprint density at radius 1 is 1.33 bits per heavy atom. The molecule has 0 radical (unpaired) electrons. The van der Waals surface area contributed by atoms with Crippen LogP contribution in [0.1, 0.15) is 19.8 Å². The maximum Gasteiger partial charge on any atom is 0.393 e. The minimum atomic E-state index is -4.19. The Balaban J connectivity index is 2.21. The molecule has 2 heterocycles.